The molecule has 11 heteroatoms. The summed E-state index contributed by atoms with van der Waals surface area (Å²) < 4.78 is 5.45. The highest BCUT2D eigenvalue weighted by Crippen LogP contribution is 2.33. The molecule has 1 heterocycles. The van der Waals surface area contributed by atoms with Gasteiger partial charge in [-0.2, -0.15) is 0 Å². The van der Waals surface area contributed by atoms with E-state index >= 15 is 0 Å². The Labute approximate surface area is 192 Å². The van der Waals surface area contributed by atoms with Gasteiger partial charge in [0.15, 0.2) is 6.61 Å². The molecule has 0 aliphatic carbocycles. The van der Waals surface area contributed by atoms with Gasteiger partial charge in [0, 0.05) is 19.2 Å². The zero-order chi connectivity index (χ0) is 23.3. The van der Waals surface area contributed by atoms with Gasteiger partial charge in [-0.1, -0.05) is 35.9 Å². The van der Waals surface area contributed by atoms with E-state index in [1.54, 1.807) is 12.1 Å². The van der Waals surface area contributed by atoms with Gasteiger partial charge in [-0.3, -0.25) is 29.4 Å². The Morgan fingerprint density at radius 3 is 2.75 bits per heavy atom. The van der Waals surface area contributed by atoms with E-state index in [1.165, 1.54) is 24.3 Å². The minimum Gasteiger partial charge on any atom is -0.484 e. The van der Waals surface area contributed by atoms with Crippen LogP contribution < -0.4 is 10.1 Å². The van der Waals surface area contributed by atoms with Crippen LogP contribution >= 0.6 is 23.4 Å². The number of thioether (sulfide) groups is 1. The number of nitrogens with one attached hydrogen (secondary N) is 1. The molecule has 0 saturated carbocycles. The number of hydrogen-bond acceptors (Lipinski definition) is 7. The highest BCUT2D eigenvalue weighted by molar-refractivity contribution is 8.18. The molecule has 1 N–H and O–H groups in total. The lowest BCUT2D eigenvalue weighted by molar-refractivity contribution is -0.384. The van der Waals surface area contributed by atoms with E-state index in [2.05, 4.69) is 5.32 Å². The van der Waals surface area contributed by atoms with Crippen molar-refractivity contribution in [3.63, 3.8) is 0 Å². The lowest BCUT2D eigenvalue weighted by Crippen LogP contribution is -2.38. The predicted molar refractivity (Wildman–Crippen MR) is 120 cm³/mol. The number of benzene rings is 2. The molecule has 0 spiro atoms. The summed E-state index contributed by atoms with van der Waals surface area (Å²) >= 11 is 6.51. The van der Waals surface area contributed by atoms with Crippen molar-refractivity contribution in [2.45, 2.75) is 6.92 Å². The average molecular weight is 476 g/mol. The Hall–Kier alpha value is -3.37. The minimum atomic E-state index is -0.628. The van der Waals surface area contributed by atoms with Crippen LogP contribution in [0.2, 0.25) is 5.02 Å². The molecule has 0 bridgehead atoms. The van der Waals surface area contributed by atoms with Crippen molar-refractivity contribution in [2.24, 2.45) is 0 Å². The van der Waals surface area contributed by atoms with E-state index in [9.17, 15) is 24.5 Å². The highest BCUT2D eigenvalue weighted by Gasteiger charge is 2.34. The van der Waals surface area contributed by atoms with E-state index in [-0.39, 0.29) is 41.2 Å². The van der Waals surface area contributed by atoms with E-state index < -0.39 is 16.1 Å². The number of nitrogens with zero attached hydrogens (tertiary/aromatic N) is 2. The molecule has 1 fully saturated rings. The maximum Gasteiger partial charge on any atom is 0.293 e. The minimum absolute atomic E-state index is 0.0150. The second-order valence-electron chi connectivity index (χ2n) is 6.71. The number of rotatable bonds is 8. The number of ether oxygens (including phenoxy) is 1. The van der Waals surface area contributed by atoms with Crippen LogP contribution in [0, 0.1) is 17.0 Å². The van der Waals surface area contributed by atoms with Gasteiger partial charge in [0.1, 0.15) is 10.8 Å². The maximum absolute atomic E-state index is 12.5. The van der Waals surface area contributed by atoms with Gasteiger partial charge in [0.05, 0.1) is 9.83 Å². The van der Waals surface area contributed by atoms with Gasteiger partial charge in [-0.05, 0) is 48.0 Å². The summed E-state index contributed by atoms with van der Waals surface area (Å²) in [4.78, 5) is 48.2. The number of halogens is 1. The third-order valence-electron chi connectivity index (χ3n) is 4.45. The first kappa shape index (κ1) is 23.3. The molecule has 3 amide bonds. The van der Waals surface area contributed by atoms with Crippen LogP contribution in [0.4, 0.5) is 10.5 Å². The summed E-state index contributed by atoms with van der Waals surface area (Å²) in [5.41, 5.74) is 0.972. The molecule has 0 radical (unpaired) electrons. The predicted octanol–water partition coefficient (Wildman–Crippen LogP) is 3.79. The van der Waals surface area contributed by atoms with E-state index in [0.717, 1.165) is 22.2 Å². The fraction of sp³-hybridized carbons (Fsp3) is 0.190. The van der Waals surface area contributed by atoms with Gasteiger partial charge < -0.3 is 10.1 Å². The number of carbonyl (C=O) groups excluding carboxylic acids is 3. The first-order chi connectivity index (χ1) is 15.3. The van der Waals surface area contributed by atoms with Crippen LogP contribution in [-0.4, -0.2) is 46.6 Å². The van der Waals surface area contributed by atoms with Crippen molar-refractivity contribution < 1.29 is 24.0 Å². The molecule has 2 aromatic rings. The Morgan fingerprint density at radius 2 is 2.03 bits per heavy atom. The molecule has 0 unspecified atom stereocenters. The summed E-state index contributed by atoms with van der Waals surface area (Å²) in [7, 11) is 0. The zero-order valence-corrected chi connectivity index (χ0v) is 18.4. The van der Waals surface area contributed by atoms with Crippen LogP contribution in [0.1, 0.15) is 11.1 Å². The molecule has 0 atom stereocenters. The first-order valence-electron chi connectivity index (χ1n) is 9.40. The average Bonchev–Trinajstić information content (AvgIpc) is 3.01. The summed E-state index contributed by atoms with van der Waals surface area (Å²) in [5.74, 6) is -0.326. The third-order valence-corrected chi connectivity index (χ3v) is 5.68. The SMILES string of the molecule is Cc1ccccc1OCC(=O)NCCN1C(=O)S/C(=C\c2ccc(Cl)c([N+](=O)[O-])c2)C1=O. The molecule has 9 nitrogen and oxygen atoms in total. The monoisotopic (exact) mass is 475 g/mol. The smallest absolute Gasteiger partial charge is 0.293 e. The fourth-order valence-electron chi connectivity index (χ4n) is 2.82. The lowest BCUT2D eigenvalue weighted by Gasteiger charge is -2.13. The van der Waals surface area contributed by atoms with Crippen molar-refractivity contribution in [1.82, 2.24) is 10.2 Å². The Balaban J connectivity index is 1.54. The number of carbonyl (C=O) groups is 3. The number of nitro benzene ring substituents is 1. The number of imide groups is 1. The number of amides is 3. The van der Waals surface area contributed by atoms with Gasteiger partial charge >= 0.3 is 0 Å². The molecule has 1 aliphatic heterocycles. The molecule has 166 valence electrons. The second-order valence-corrected chi connectivity index (χ2v) is 8.11. The van der Waals surface area contributed by atoms with E-state index in [4.69, 9.17) is 16.3 Å². The Kier molecular flexibility index (Phi) is 7.49. The number of nitro groups is 1. The van der Waals surface area contributed by atoms with Crippen LogP contribution in [-0.2, 0) is 9.59 Å². The molecular weight excluding hydrogens is 458 g/mol. The largest absolute Gasteiger partial charge is 0.484 e. The molecule has 1 saturated heterocycles. The van der Waals surface area contributed by atoms with Crippen molar-refractivity contribution in [1.29, 1.82) is 0 Å². The van der Waals surface area contributed by atoms with Crippen molar-refractivity contribution in [3.05, 3.63) is 73.6 Å². The van der Waals surface area contributed by atoms with Crippen LogP contribution in [0.5, 0.6) is 5.75 Å². The Morgan fingerprint density at radius 1 is 1.28 bits per heavy atom. The molecule has 1 aliphatic rings. The quantitative estimate of drug-likeness (QED) is 0.350. The first-order valence-corrected chi connectivity index (χ1v) is 10.6. The van der Waals surface area contributed by atoms with Crippen LogP contribution in [0.25, 0.3) is 6.08 Å². The zero-order valence-electron chi connectivity index (χ0n) is 16.9. The highest BCUT2D eigenvalue weighted by atomic mass is 35.5. The van der Waals surface area contributed by atoms with Gasteiger partial charge in [-0.15, -0.1) is 0 Å². The number of aryl methyl sites for hydroxylation is 1. The standard InChI is InChI=1S/C21H18ClN3O6S/c1-13-4-2-3-5-17(13)31-12-19(26)23-8-9-24-20(27)18(32-21(24)28)11-14-6-7-15(22)16(10-14)25(29)30/h2-7,10-11H,8-9,12H2,1H3,(H,23,26)/b18-11-. The fourth-order valence-corrected chi connectivity index (χ4v) is 3.87. The lowest BCUT2D eigenvalue weighted by atomic mass is 10.2. The number of para-hydroxylation sites is 1. The molecule has 32 heavy (non-hydrogen) atoms. The van der Waals surface area contributed by atoms with Crippen LogP contribution in [0.3, 0.4) is 0 Å². The maximum atomic E-state index is 12.5. The van der Waals surface area contributed by atoms with Crippen molar-refractivity contribution >= 4 is 52.2 Å². The summed E-state index contributed by atoms with van der Waals surface area (Å²) in [6.07, 6.45) is 1.39. The molecule has 2 aromatic carbocycles. The van der Waals surface area contributed by atoms with Gasteiger partial charge in [0.2, 0.25) is 0 Å². The van der Waals surface area contributed by atoms with Crippen molar-refractivity contribution in [3.8, 4) is 5.75 Å². The molecule has 0 aromatic heterocycles. The van der Waals surface area contributed by atoms with E-state index in [0.29, 0.717) is 11.3 Å². The van der Waals surface area contributed by atoms with E-state index in [1.807, 2.05) is 19.1 Å². The normalized spacial score (nSPS) is 14.7. The summed E-state index contributed by atoms with van der Waals surface area (Å²) in [5, 5.41) is 13.1. The number of hydrogen-bond donors (Lipinski definition) is 1. The summed E-state index contributed by atoms with van der Waals surface area (Å²) in [6.45, 7) is 1.72. The van der Waals surface area contributed by atoms with Crippen molar-refractivity contribution in [2.75, 3.05) is 19.7 Å². The molecule has 3 rings (SSSR count). The summed E-state index contributed by atoms with van der Waals surface area (Å²) in [6, 6.07) is 11.4. The second kappa shape index (κ2) is 10.3. The molecular formula is C21H18ClN3O6S. The topological polar surface area (TPSA) is 119 Å². The Bertz CT molecular complexity index is 1120. The third kappa shape index (κ3) is 5.65. The van der Waals surface area contributed by atoms with Gasteiger partial charge in [0.25, 0.3) is 22.7 Å². The van der Waals surface area contributed by atoms with Crippen LogP contribution in [0.15, 0.2) is 47.4 Å². The van der Waals surface area contributed by atoms with Gasteiger partial charge in [-0.25, -0.2) is 0 Å².